The molecule has 188 valence electrons. The van der Waals surface area contributed by atoms with Crippen LogP contribution in [0.3, 0.4) is 0 Å². The van der Waals surface area contributed by atoms with Crippen molar-refractivity contribution in [3.05, 3.63) is 71.8 Å². The number of aliphatic hydroxyl groups is 1. The van der Waals surface area contributed by atoms with Crippen molar-refractivity contribution in [3.63, 3.8) is 0 Å². The number of hydrogen-bond acceptors (Lipinski definition) is 7. The predicted octanol–water partition coefficient (Wildman–Crippen LogP) is 4.36. The minimum atomic E-state index is -0.600. The zero-order valence-electron chi connectivity index (χ0n) is 20.6. The Bertz CT molecular complexity index is 990. The van der Waals surface area contributed by atoms with Crippen LogP contribution in [0.4, 0.5) is 5.88 Å². The maximum absolute atomic E-state index is 10.8. The molecule has 1 aliphatic rings. The molecule has 35 heavy (non-hydrogen) atoms. The van der Waals surface area contributed by atoms with Gasteiger partial charge in [-0.2, -0.15) is 0 Å². The van der Waals surface area contributed by atoms with E-state index in [1.165, 1.54) is 0 Å². The SMILES string of the molecule is COCCCN(Cc1c(-c2ccccc2)noc1N1CCCC1)C[C@@H](O)COCc1ccccc1. The Balaban J connectivity index is 1.47. The molecular weight excluding hydrogens is 442 g/mol. The van der Waals surface area contributed by atoms with E-state index < -0.39 is 6.10 Å². The molecule has 1 aliphatic heterocycles. The van der Waals surface area contributed by atoms with Crippen molar-refractivity contribution in [2.24, 2.45) is 0 Å². The van der Waals surface area contributed by atoms with Gasteiger partial charge in [-0.3, -0.25) is 4.90 Å². The molecule has 7 nitrogen and oxygen atoms in total. The highest BCUT2D eigenvalue weighted by Crippen LogP contribution is 2.34. The zero-order chi connectivity index (χ0) is 24.3. The van der Waals surface area contributed by atoms with Crippen LogP contribution in [0.1, 0.15) is 30.4 Å². The first kappa shape index (κ1) is 25.4. The molecule has 1 N–H and O–H groups in total. The molecule has 0 amide bonds. The number of methoxy groups -OCH3 is 1. The molecule has 0 spiro atoms. The zero-order valence-corrected chi connectivity index (χ0v) is 20.6. The minimum Gasteiger partial charge on any atom is -0.389 e. The lowest BCUT2D eigenvalue weighted by Crippen LogP contribution is -2.36. The molecule has 2 heterocycles. The number of rotatable bonds is 14. The third kappa shape index (κ3) is 7.39. The van der Waals surface area contributed by atoms with E-state index in [2.05, 4.69) is 27.1 Å². The van der Waals surface area contributed by atoms with Gasteiger partial charge in [-0.15, -0.1) is 0 Å². The first-order valence-corrected chi connectivity index (χ1v) is 12.5. The largest absolute Gasteiger partial charge is 0.389 e. The maximum Gasteiger partial charge on any atom is 0.232 e. The van der Waals surface area contributed by atoms with Crippen LogP contribution in [0.15, 0.2) is 65.2 Å². The number of nitrogens with zero attached hydrogens (tertiary/aromatic N) is 3. The first-order chi connectivity index (χ1) is 17.2. The molecule has 7 heteroatoms. The Labute approximate surface area is 208 Å². The number of aliphatic hydroxyl groups excluding tert-OH is 1. The van der Waals surface area contributed by atoms with Gasteiger partial charge in [-0.05, 0) is 24.8 Å². The lowest BCUT2D eigenvalue weighted by atomic mass is 10.1. The summed E-state index contributed by atoms with van der Waals surface area (Å²) in [5.41, 5.74) is 4.09. The first-order valence-electron chi connectivity index (χ1n) is 12.5. The van der Waals surface area contributed by atoms with Crippen molar-refractivity contribution in [2.45, 2.75) is 38.5 Å². The van der Waals surface area contributed by atoms with Crippen molar-refractivity contribution in [1.29, 1.82) is 0 Å². The predicted molar refractivity (Wildman–Crippen MR) is 137 cm³/mol. The standard InChI is InChI=1S/C28H37N3O4/c1-33-18-10-15-30(19-25(32)22-34-21-23-11-4-2-5-12-23)20-26-27(24-13-6-3-7-14-24)29-35-28(26)31-16-8-9-17-31/h2-7,11-14,25,32H,8-10,15-22H2,1H3/t25-/m1/s1. The van der Waals surface area contributed by atoms with E-state index in [-0.39, 0.29) is 6.61 Å². The summed E-state index contributed by atoms with van der Waals surface area (Å²) in [5, 5.41) is 15.3. The highest BCUT2D eigenvalue weighted by molar-refractivity contribution is 5.68. The molecular formula is C28H37N3O4. The van der Waals surface area contributed by atoms with Crippen LogP contribution < -0.4 is 4.90 Å². The average molecular weight is 480 g/mol. The lowest BCUT2D eigenvalue weighted by molar-refractivity contribution is 0.00741. The summed E-state index contributed by atoms with van der Waals surface area (Å²) >= 11 is 0. The van der Waals surface area contributed by atoms with Gasteiger partial charge in [0.1, 0.15) is 5.69 Å². The van der Waals surface area contributed by atoms with Gasteiger partial charge in [-0.1, -0.05) is 65.8 Å². The van der Waals surface area contributed by atoms with Crippen molar-refractivity contribution in [3.8, 4) is 11.3 Å². The molecule has 1 aromatic heterocycles. The third-order valence-corrected chi connectivity index (χ3v) is 6.30. The van der Waals surface area contributed by atoms with E-state index in [4.69, 9.17) is 14.0 Å². The molecule has 1 saturated heterocycles. The Hall–Kier alpha value is -2.71. The normalized spacial score (nSPS) is 14.7. The van der Waals surface area contributed by atoms with Gasteiger partial charge in [0.05, 0.1) is 24.9 Å². The minimum absolute atomic E-state index is 0.282. The fraction of sp³-hybridized carbons (Fsp3) is 0.464. The van der Waals surface area contributed by atoms with Gasteiger partial charge in [0.25, 0.3) is 0 Å². The molecule has 2 aromatic carbocycles. The van der Waals surface area contributed by atoms with Gasteiger partial charge < -0.3 is 24.0 Å². The molecule has 0 aliphatic carbocycles. The second-order valence-corrected chi connectivity index (χ2v) is 9.11. The molecule has 0 bridgehead atoms. The monoisotopic (exact) mass is 479 g/mol. The molecule has 1 fully saturated rings. The molecule has 0 unspecified atom stereocenters. The highest BCUT2D eigenvalue weighted by atomic mass is 16.5. The Morgan fingerprint density at radius 2 is 1.77 bits per heavy atom. The number of benzene rings is 2. The third-order valence-electron chi connectivity index (χ3n) is 6.30. The van der Waals surface area contributed by atoms with Gasteiger partial charge in [0.2, 0.25) is 5.88 Å². The molecule has 0 saturated carbocycles. The summed E-state index contributed by atoms with van der Waals surface area (Å²) in [6.45, 7) is 5.34. The summed E-state index contributed by atoms with van der Waals surface area (Å²) in [6, 6.07) is 20.2. The van der Waals surface area contributed by atoms with Crippen LogP contribution in [0, 0.1) is 0 Å². The van der Waals surface area contributed by atoms with Crippen molar-refractivity contribution < 1.29 is 19.1 Å². The summed E-state index contributed by atoms with van der Waals surface area (Å²) in [7, 11) is 1.72. The van der Waals surface area contributed by atoms with E-state index in [1.54, 1.807) is 7.11 Å². The van der Waals surface area contributed by atoms with Crippen LogP contribution in [0.25, 0.3) is 11.3 Å². The highest BCUT2D eigenvalue weighted by Gasteiger charge is 2.26. The summed E-state index contributed by atoms with van der Waals surface area (Å²) in [4.78, 5) is 4.55. The van der Waals surface area contributed by atoms with Crippen molar-refractivity contribution in [2.75, 3.05) is 51.4 Å². The Kier molecular flexibility index (Phi) is 9.72. The van der Waals surface area contributed by atoms with Crippen LogP contribution in [0.2, 0.25) is 0 Å². The van der Waals surface area contributed by atoms with Gasteiger partial charge in [-0.25, -0.2) is 0 Å². The van der Waals surface area contributed by atoms with Crippen molar-refractivity contribution >= 4 is 5.88 Å². The molecule has 4 rings (SSSR count). The van der Waals surface area contributed by atoms with E-state index in [0.29, 0.717) is 26.3 Å². The fourth-order valence-corrected chi connectivity index (χ4v) is 4.56. The number of hydrogen-bond donors (Lipinski definition) is 1. The van der Waals surface area contributed by atoms with E-state index >= 15 is 0 Å². The van der Waals surface area contributed by atoms with E-state index in [0.717, 1.165) is 67.2 Å². The van der Waals surface area contributed by atoms with Crippen molar-refractivity contribution in [1.82, 2.24) is 10.1 Å². The van der Waals surface area contributed by atoms with Gasteiger partial charge in [0.15, 0.2) is 0 Å². The summed E-state index contributed by atoms with van der Waals surface area (Å²) < 4.78 is 17.0. The number of aromatic nitrogens is 1. The van der Waals surface area contributed by atoms with E-state index in [1.807, 2.05) is 48.5 Å². The van der Waals surface area contributed by atoms with Gasteiger partial charge in [0, 0.05) is 52.0 Å². The van der Waals surface area contributed by atoms with Crippen LogP contribution in [-0.2, 0) is 22.6 Å². The summed E-state index contributed by atoms with van der Waals surface area (Å²) in [6.07, 6.45) is 2.60. The summed E-state index contributed by atoms with van der Waals surface area (Å²) in [5.74, 6) is 0.855. The second kappa shape index (κ2) is 13.4. The molecule has 3 aromatic rings. The van der Waals surface area contributed by atoms with Crippen LogP contribution >= 0.6 is 0 Å². The number of anilines is 1. The topological polar surface area (TPSA) is 71.2 Å². The Morgan fingerprint density at radius 3 is 2.49 bits per heavy atom. The van der Waals surface area contributed by atoms with Crippen LogP contribution in [0.5, 0.6) is 0 Å². The lowest BCUT2D eigenvalue weighted by Gasteiger charge is -2.26. The Morgan fingerprint density at radius 1 is 1.06 bits per heavy atom. The molecule has 0 radical (unpaired) electrons. The average Bonchev–Trinajstić information content (AvgIpc) is 3.55. The quantitative estimate of drug-likeness (QED) is 0.345. The second-order valence-electron chi connectivity index (χ2n) is 9.11. The smallest absolute Gasteiger partial charge is 0.232 e. The maximum atomic E-state index is 10.8. The molecule has 1 atom stereocenters. The number of ether oxygens (including phenoxy) is 2. The fourth-order valence-electron chi connectivity index (χ4n) is 4.56. The van der Waals surface area contributed by atoms with Gasteiger partial charge >= 0.3 is 0 Å². The van der Waals surface area contributed by atoms with E-state index in [9.17, 15) is 5.11 Å². The van der Waals surface area contributed by atoms with Crippen LogP contribution in [-0.4, -0.2) is 67.8 Å².